The Labute approximate surface area is 103 Å². The summed E-state index contributed by atoms with van der Waals surface area (Å²) in [5.41, 5.74) is 0. The zero-order valence-electron chi connectivity index (χ0n) is 8.83. The van der Waals surface area contributed by atoms with Gasteiger partial charge >= 0.3 is 0 Å². The van der Waals surface area contributed by atoms with Crippen LogP contribution in [-0.4, -0.2) is 5.78 Å². The first kappa shape index (κ1) is 11.3. The minimum absolute atomic E-state index is 0.328. The van der Waals surface area contributed by atoms with Crippen molar-refractivity contribution in [2.45, 2.75) is 32.6 Å². The Kier molecular flexibility index (Phi) is 3.62. The molecule has 1 fully saturated rings. The van der Waals surface area contributed by atoms with Crippen molar-refractivity contribution in [2.75, 3.05) is 0 Å². The molecule has 0 spiro atoms. The number of ketones is 1. The second-order valence-corrected chi connectivity index (χ2v) is 6.30. The maximum atomic E-state index is 12.0. The molecule has 0 aliphatic heterocycles. The fraction of sp³-hybridized carbons (Fsp3) is 0.583. The van der Waals surface area contributed by atoms with E-state index in [4.69, 9.17) is 0 Å². The predicted octanol–water partition coefficient (Wildman–Crippen LogP) is 4.06. The molecule has 0 radical (unpaired) electrons. The summed E-state index contributed by atoms with van der Waals surface area (Å²) in [5, 5.41) is 2.03. The van der Waals surface area contributed by atoms with Crippen LogP contribution in [0.4, 0.5) is 0 Å². The van der Waals surface area contributed by atoms with Gasteiger partial charge in [-0.25, -0.2) is 0 Å². The molecule has 0 saturated heterocycles. The molecule has 1 aromatic rings. The lowest BCUT2D eigenvalue weighted by atomic mass is 9.98. The van der Waals surface area contributed by atoms with Gasteiger partial charge in [0.15, 0.2) is 0 Å². The summed E-state index contributed by atoms with van der Waals surface area (Å²) < 4.78 is 1.09. The number of hydrogen-bond donors (Lipinski definition) is 0. The molecule has 0 N–H and O–H groups in total. The van der Waals surface area contributed by atoms with E-state index in [2.05, 4.69) is 22.9 Å². The molecular formula is C12H15BrOS. The average molecular weight is 287 g/mol. The van der Waals surface area contributed by atoms with Crippen molar-refractivity contribution in [3.05, 3.63) is 20.8 Å². The Bertz CT molecular complexity index is 358. The molecule has 2 unspecified atom stereocenters. The summed E-state index contributed by atoms with van der Waals surface area (Å²) in [4.78, 5) is 13.2. The SMILES string of the molecule is CC1CCC(C(=O)Cc2sccc2Br)C1. The quantitative estimate of drug-likeness (QED) is 0.819. The van der Waals surface area contributed by atoms with Gasteiger partial charge in [-0.2, -0.15) is 0 Å². The van der Waals surface area contributed by atoms with E-state index in [0.717, 1.165) is 23.2 Å². The van der Waals surface area contributed by atoms with Crippen molar-refractivity contribution in [2.24, 2.45) is 11.8 Å². The topological polar surface area (TPSA) is 17.1 Å². The van der Waals surface area contributed by atoms with Crippen LogP contribution >= 0.6 is 27.3 Å². The molecule has 1 aliphatic carbocycles. The smallest absolute Gasteiger partial charge is 0.141 e. The van der Waals surface area contributed by atoms with Crippen LogP contribution in [0, 0.1) is 11.8 Å². The number of Topliss-reactive ketones (excluding diaryl/α,β-unsaturated/α-hetero) is 1. The molecular weight excluding hydrogens is 272 g/mol. The summed E-state index contributed by atoms with van der Waals surface area (Å²) in [5.74, 6) is 1.50. The Morgan fingerprint density at radius 3 is 2.93 bits per heavy atom. The third-order valence-corrected chi connectivity index (χ3v) is 5.10. The third-order valence-electron chi connectivity index (χ3n) is 3.18. The van der Waals surface area contributed by atoms with Gasteiger partial charge in [0, 0.05) is 21.7 Å². The molecule has 2 atom stereocenters. The molecule has 1 aromatic heterocycles. The number of hydrogen-bond acceptors (Lipinski definition) is 2. The number of thiophene rings is 1. The molecule has 15 heavy (non-hydrogen) atoms. The molecule has 82 valence electrons. The van der Waals surface area contributed by atoms with Crippen LogP contribution in [-0.2, 0) is 11.2 Å². The van der Waals surface area contributed by atoms with Gasteiger partial charge in [-0.1, -0.05) is 6.92 Å². The Morgan fingerprint density at radius 2 is 2.40 bits per heavy atom. The monoisotopic (exact) mass is 286 g/mol. The molecule has 0 amide bonds. The maximum absolute atomic E-state index is 12.0. The molecule has 1 aliphatic rings. The van der Waals surface area contributed by atoms with Gasteiger partial charge in [-0.3, -0.25) is 4.79 Å². The van der Waals surface area contributed by atoms with Gasteiger partial charge in [-0.05, 0) is 52.6 Å². The Morgan fingerprint density at radius 1 is 1.60 bits per heavy atom. The first-order valence-electron chi connectivity index (χ1n) is 5.41. The number of halogens is 1. The highest BCUT2D eigenvalue weighted by Crippen LogP contribution is 2.33. The summed E-state index contributed by atoms with van der Waals surface area (Å²) >= 11 is 5.14. The molecule has 0 aromatic carbocycles. The minimum Gasteiger partial charge on any atom is -0.299 e. The van der Waals surface area contributed by atoms with E-state index >= 15 is 0 Å². The highest BCUT2D eigenvalue weighted by molar-refractivity contribution is 9.10. The van der Waals surface area contributed by atoms with Crippen molar-refractivity contribution in [1.29, 1.82) is 0 Å². The summed E-state index contributed by atoms with van der Waals surface area (Å²) in [6.45, 7) is 2.24. The number of rotatable bonds is 3. The van der Waals surface area contributed by atoms with E-state index in [1.165, 1.54) is 11.3 Å². The second-order valence-electron chi connectivity index (χ2n) is 4.45. The van der Waals surface area contributed by atoms with Crippen molar-refractivity contribution in [3.63, 3.8) is 0 Å². The van der Waals surface area contributed by atoms with E-state index in [0.29, 0.717) is 18.1 Å². The molecule has 1 nitrogen and oxygen atoms in total. The van der Waals surface area contributed by atoms with Crippen LogP contribution in [0.1, 0.15) is 31.1 Å². The lowest BCUT2D eigenvalue weighted by Gasteiger charge is -2.07. The van der Waals surface area contributed by atoms with Crippen LogP contribution in [0.25, 0.3) is 0 Å². The first-order valence-corrected chi connectivity index (χ1v) is 7.08. The average Bonchev–Trinajstić information content (AvgIpc) is 2.77. The molecule has 2 rings (SSSR count). The van der Waals surface area contributed by atoms with Crippen LogP contribution in [0.15, 0.2) is 15.9 Å². The van der Waals surface area contributed by atoms with E-state index in [-0.39, 0.29) is 0 Å². The van der Waals surface area contributed by atoms with Crippen molar-refractivity contribution < 1.29 is 4.79 Å². The van der Waals surface area contributed by atoms with Crippen LogP contribution in [0.2, 0.25) is 0 Å². The summed E-state index contributed by atoms with van der Waals surface area (Å²) in [6.07, 6.45) is 4.04. The van der Waals surface area contributed by atoms with E-state index in [9.17, 15) is 4.79 Å². The minimum atomic E-state index is 0.328. The van der Waals surface area contributed by atoms with Gasteiger partial charge < -0.3 is 0 Å². The van der Waals surface area contributed by atoms with Gasteiger partial charge in [0.2, 0.25) is 0 Å². The van der Waals surface area contributed by atoms with E-state index < -0.39 is 0 Å². The third kappa shape index (κ3) is 2.70. The van der Waals surface area contributed by atoms with Crippen molar-refractivity contribution in [1.82, 2.24) is 0 Å². The highest BCUT2D eigenvalue weighted by atomic mass is 79.9. The van der Waals surface area contributed by atoms with E-state index in [1.54, 1.807) is 11.3 Å². The van der Waals surface area contributed by atoms with Crippen LogP contribution < -0.4 is 0 Å². The Balaban J connectivity index is 1.95. The standard InChI is InChI=1S/C12H15BrOS/c1-8-2-3-9(6-8)11(14)7-12-10(13)4-5-15-12/h4-5,8-9H,2-3,6-7H2,1H3. The lowest BCUT2D eigenvalue weighted by molar-refractivity contribution is -0.122. The molecule has 1 saturated carbocycles. The fourth-order valence-corrected chi connectivity index (χ4v) is 3.76. The largest absolute Gasteiger partial charge is 0.299 e. The van der Waals surface area contributed by atoms with Crippen molar-refractivity contribution >= 4 is 33.0 Å². The van der Waals surface area contributed by atoms with Crippen molar-refractivity contribution in [3.8, 4) is 0 Å². The van der Waals surface area contributed by atoms with Gasteiger partial charge in [0.25, 0.3) is 0 Å². The molecule has 1 heterocycles. The summed E-state index contributed by atoms with van der Waals surface area (Å²) in [7, 11) is 0. The fourth-order valence-electron chi connectivity index (χ4n) is 2.25. The van der Waals surface area contributed by atoms with Gasteiger partial charge in [0.1, 0.15) is 5.78 Å². The highest BCUT2D eigenvalue weighted by Gasteiger charge is 2.27. The van der Waals surface area contributed by atoms with E-state index in [1.807, 2.05) is 11.4 Å². The molecule has 0 bridgehead atoms. The number of carbonyl (C=O) groups excluding carboxylic acids is 1. The second kappa shape index (κ2) is 4.79. The normalized spacial score (nSPS) is 25.7. The lowest BCUT2D eigenvalue weighted by Crippen LogP contribution is -2.13. The van der Waals surface area contributed by atoms with Crippen LogP contribution in [0.3, 0.4) is 0 Å². The zero-order valence-corrected chi connectivity index (χ0v) is 11.2. The first-order chi connectivity index (χ1) is 7.16. The van der Waals surface area contributed by atoms with Crippen LogP contribution in [0.5, 0.6) is 0 Å². The maximum Gasteiger partial charge on any atom is 0.141 e. The Hall–Kier alpha value is -0.150. The predicted molar refractivity (Wildman–Crippen MR) is 67.2 cm³/mol. The zero-order chi connectivity index (χ0) is 10.8. The van der Waals surface area contributed by atoms with Gasteiger partial charge in [0.05, 0.1) is 0 Å². The summed E-state index contributed by atoms with van der Waals surface area (Å²) in [6, 6.07) is 2.02. The number of carbonyl (C=O) groups is 1. The molecule has 3 heteroatoms. The van der Waals surface area contributed by atoms with Gasteiger partial charge in [-0.15, -0.1) is 11.3 Å².